The Bertz CT molecular complexity index is 877. The fourth-order valence-electron chi connectivity index (χ4n) is 3.75. The van der Waals surface area contributed by atoms with Gasteiger partial charge < -0.3 is 14.8 Å². The number of halogens is 2. The van der Waals surface area contributed by atoms with Gasteiger partial charge >= 0.3 is 0 Å². The third kappa shape index (κ3) is 4.45. The summed E-state index contributed by atoms with van der Waals surface area (Å²) < 4.78 is 12.4. The normalized spacial score (nSPS) is 19.3. The van der Waals surface area contributed by atoms with Gasteiger partial charge in [0.1, 0.15) is 0 Å². The van der Waals surface area contributed by atoms with Crippen LogP contribution in [0, 0.1) is 0 Å². The van der Waals surface area contributed by atoms with Gasteiger partial charge in [0, 0.05) is 16.9 Å². The van der Waals surface area contributed by atoms with Gasteiger partial charge in [-0.1, -0.05) is 33.6 Å². The lowest BCUT2D eigenvalue weighted by Crippen LogP contribution is -2.33. The minimum absolute atomic E-state index is 0.0644. The van der Waals surface area contributed by atoms with Crippen LogP contribution >= 0.6 is 27.5 Å². The highest BCUT2D eigenvalue weighted by molar-refractivity contribution is 9.10. The number of hydrogen-bond donors (Lipinski definition) is 1. The van der Waals surface area contributed by atoms with Gasteiger partial charge in [-0.05, 0) is 55.3 Å². The summed E-state index contributed by atoms with van der Waals surface area (Å²) in [5.41, 5.74) is 1.79. The molecule has 1 fully saturated rings. The van der Waals surface area contributed by atoms with Gasteiger partial charge in [-0.3, -0.25) is 9.69 Å². The van der Waals surface area contributed by atoms with Crippen LogP contribution < -0.4 is 14.8 Å². The number of hydrogen-bond acceptors (Lipinski definition) is 4. The highest BCUT2D eigenvalue weighted by Gasteiger charge is 2.28. The molecule has 1 amide bonds. The number of rotatable bonds is 4. The van der Waals surface area contributed by atoms with Crippen molar-refractivity contribution in [1.82, 2.24) is 4.90 Å². The Balaban J connectivity index is 1.45. The SMILES string of the molecule is O=C(CN1CCCC1c1ccc2c(c1)OCCCO2)Nc1ccc(Br)cc1Cl. The van der Waals surface area contributed by atoms with Crippen molar-refractivity contribution < 1.29 is 14.3 Å². The molecule has 5 nitrogen and oxygen atoms in total. The van der Waals surface area contributed by atoms with E-state index in [0.29, 0.717) is 30.5 Å². The van der Waals surface area contributed by atoms with Crippen LogP contribution in [0.1, 0.15) is 30.9 Å². The van der Waals surface area contributed by atoms with Gasteiger partial charge in [-0.15, -0.1) is 0 Å². The molecule has 0 radical (unpaired) electrons. The number of nitrogens with zero attached hydrogens (tertiary/aromatic N) is 1. The van der Waals surface area contributed by atoms with Crippen molar-refractivity contribution in [2.75, 3.05) is 31.6 Å². The predicted molar refractivity (Wildman–Crippen MR) is 113 cm³/mol. The fraction of sp³-hybridized carbons (Fsp3) is 0.381. The molecule has 1 N–H and O–H groups in total. The van der Waals surface area contributed by atoms with Gasteiger partial charge in [0.05, 0.1) is 30.5 Å². The maximum atomic E-state index is 12.6. The molecule has 0 aromatic heterocycles. The van der Waals surface area contributed by atoms with Crippen LogP contribution in [-0.2, 0) is 4.79 Å². The first-order valence-corrected chi connectivity index (χ1v) is 10.7. The number of likely N-dealkylation sites (tertiary alicyclic amines) is 1. The van der Waals surface area contributed by atoms with Crippen molar-refractivity contribution in [2.45, 2.75) is 25.3 Å². The number of nitrogens with one attached hydrogen (secondary N) is 1. The first-order chi connectivity index (χ1) is 13.6. The summed E-state index contributed by atoms with van der Waals surface area (Å²) in [7, 11) is 0. The van der Waals surface area contributed by atoms with Gasteiger partial charge in [0.25, 0.3) is 0 Å². The molecule has 1 atom stereocenters. The van der Waals surface area contributed by atoms with Crippen molar-refractivity contribution in [3.8, 4) is 11.5 Å². The second kappa shape index (κ2) is 8.72. The van der Waals surface area contributed by atoms with Crippen LogP contribution in [0.2, 0.25) is 5.02 Å². The number of carbonyl (C=O) groups is 1. The van der Waals surface area contributed by atoms with Gasteiger partial charge in [0.2, 0.25) is 5.91 Å². The molecular formula is C21H22BrClN2O3. The highest BCUT2D eigenvalue weighted by atomic mass is 79.9. The number of fused-ring (bicyclic) bond motifs is 1. The van der Waals surface area contributed by atoms with Crippen molar-refractivity contribution >= 4 is 39.1 Å². The Morgan fingerprint density at radius 1 is 1.14 bits per heavy atom. The first kappa shape index (κ1) is 19.6. The quantitative estimate of drug-likeness (QED) is 0.687. The van der Waals surface area contributed by atoms with Crippen LogP contribution in [0.25, 0.3) is 0 Å². The maximum absolute atomic E-state index is 12.6. The molecule has 7 heteroatoms. The van der Waals surface area contributed by atoms with E-state index in [1.807, 2.05) is 12.1 Å². The largest absolute Gasteiger partial charge is 0.490 e. The minimum Gasteiger partial charge on any atom is -0.490 e. The monoisotopic (exact) mass is 464 g/mol. The van der Waals surface area contributed by atoms with E-state index in [4.69, 9.17) is 21.1 Å². The first-order valence-electron chi connectivity index (χ1n) is 9.48. The summed E-state index contributed by atoms with van der Waals surface area (Å²) in [5, 5.41) is 3.43. The topological polar surface area (TPSA) is 50.8 Å². The Labute approximate surface area is 178 Å². The summed E-state index contributed by atoms with van der Waals surface area (Å²) in [4.78, 5) is 14.8. The molecule has 2 aliphatic heterocycles. The van der Waals surface area contributed by atoms with E-state index in [1.54, 1.807) is 12.1 Å². The van der Waals surface area contributed by atoms with E-state index in [1.165, 1.54) is 0 Å². The number of ether oxygens (including phenoxy) is 2. The van der Waals surface area contributed by atoms with E-state index in [0.717, 1.165) is 47.3 Å². The molecule has 0 bridgehead atoms. The van der Waals surface area contributed by atoms with E-state index < -0.39 is 0 Å². The Kier molecular flexibility index (Phi) is 6.09. The van der Waals surface area contributed by atoms with Crippen molar-refractivity contribution in [1.29, 1.82) is 0 Å². The zero-order valence-electron chi connectivity index (χ0n) is 15.4. The van der Waals surface area contributed by atoms with Crippen LogP contribution in [-0.4, -0.2) is 37.1 Å². The van der Waals surface area contributed by atoms with E-state index >= 15 is 0 Å². The average molecular weight is 466 g/mol. The highest BCUT2D eigenvalue weighted by Crippen LogP contribution is 2.37. The summed E-state index contributed by atoms with van der Waals surface area (Å²) in [6, 6.07) is 11.8. The lowest BCUT2D eigenvalue weighted by atomic mass is 10.0. The van der Waals surface area contributed by atoms with Crippen molar-refractivity contribution in [3.63, 3.8) is 0 Å². The molecule has 2 aromatic rings. The summed E-state index contributed by atoms with van der Waals surface area (Å²) in [6.45, 7) is 2.56. The van der Waals surface area contributed by atoms with Crippen LogP contribution in [0.4, 0.5) is 5.69 Å². The third-order valence-electron chi connectivity index (χ3n) is 5.07. The van der Waals surface area contributed by atoms with E-state index in [2.05, 4.69) is 38.3 Å². The number of carbonyl (C=O) groups excluding carboxylic acids is 1. The van der Waals surface area contributed by atoms with Gasteiger partial charge in [-0.25, -0.2) is 0 Å². The lowest BCUT2D eigenvalue weighted by molar-refractivity contribution is -0.117. The molecule has 0 spiro atoms. The molecule has 2 aliphatic rings. The van der Waals surface area contributed by atoms with Crippen molar-refractivity contribution in [3.05, 3.63) is 51.5 Å². The molecule has 28 heavy (non-hydrogen) atoms. The Hall–Kier alpha value is -1.76. The lowest BCUT2D eigenvalue weighted by Gasteiger charge is -2.25. The summed E-state index contributed by atoms with van der Waals surface area (Å²) in [5.74, 6) is 1.53. The summed E-state index contributed by atoms with van der Waals surface area (Å²) >= 11 is 9.59. The van der Waals surface area contributed by atoms with Crippen LogP contribution in [0.3, 0.4) is 0 Å². The molecule has 0 aliphatic carbocycles. The van der Waals surface area contributed by atoms with Gasteiger partial charge in [-0.2, -0.15) is 0 Å². The smallest absolute Gasteiger partial charge is 0.238 e. The molecule has 4 rings (SSSR count). The molecular weight excluding hydrogens is 444 g/mol. The average Bonchev–Trinajstić information content (AvgIpc) is 2.99. The molecule has 0 saturated carbocycles. The van der Waals surface area contributed by atoms with E-state index in [-0.39, 0.29) is 11.9 Å². The second-order valence-corrected chi connectivity index (χ2v) is 8.38. The fourth-order valence-corrected chi connectivity index (χ4v) is 4.47. The Morgan fingerprint density at radius 2 is 1.96 bits per heavy atom. The van der Waals surface area contributed by atoms with Gasteiger partial charge in [0.15, 0.2) is 11.5 Å². The molecule has 2 heterocycles. The van der Waals surface area contributed by atoms with Crippen molar-refractivity contribution in [2.24, 2.45) is 0 Å². The summed E-state index contributed by atoms with van der Waals surface area (Å²) in [6.07, 6.45) is 2.97. The maximum Gasteiger partial charge on any atom is 0.238 e. The Morgan fingerprint density at radius 3 is 2.79 bits per heavy atom. The number of anilines is 1. The predicted octanol–water partition coefficient (Wildman–Crippen LogP) is 5.04. The third-order valence-corrected chi connectivity index (χ3v) is 5.88. The molecule has 2 aromatic carbocycles. The molecule has 148 valence electrons. The van der Waals surface area contributed by atoms with E-state index in [9.17, 15) is 4.79 Å². The number of amides is 1. The van der Waals surface area contributed by atoms with Crippen LogP contribution in [0.15, 0.2) is 40.9 Å². The molecule has 1 unspecified atom stereocenters. The molecule has 1 saturated heterocycles. The second-order valence-electron chi connectivity index (χ2n) is 7.06. The standard InChI is InChI=1S/C21H22BrClN2O3/c22-15-5-6-17(16(23)12-15)24-21(26)13-25-8-1-3-18(25)14-4-7-19-20(11-14)28-10-2-9-27-19/h4-7,11-12,18H,1-3,8-10,13H2,(H,24,26). The minimum atomic E-state index is -0.0644. The zero-order chi connectivity index (χ0) is 19.5. The van der Waals surface area contributed by atoms with Crippen LogP contribution in [0.5, 0.6) is 11.5 Å². The zero-order valence-corrected chi connectivity index (χ0v) is 17.8. The number of benzene rings is 2.